The Morgan fingerprint density at radius 1 is 1.25 bits per heavy atom. The van der Waals surface area contributed by atoms with E-state index in [1.54, 1.807) is 0 Å². The second-order valence-electron chi connectivity index (χ2n) is 0. The maximum atomic E-state index is 0. The van der Waals surface area contributed by atoms with Gasteiger partial charge in [0.2, 0.25) is 0 Å². The second kappa shape index (κ2) is 19.3. The molecular weight excluding hydrogens is 180 g/mol. The Hall–Kier alpha value is 2.13. The van der Waals surface area contributed by atoms with Crippen LogP contribution in [-0.4, -0.2) is 59.4 Å². The Balaban J connectivity index is 0. The van der Waals surface area contributed by atoms with Gasteiger partial charge in [0, 0.05) is 27.9 Å². The van der Waals surface area contributed by atoms with Gasteiger partial charge in [0.1, 0.15) is 0 Å². The zero-order chi connectivity index (χ0) is 0. The minimum Gasteiger partial charge on any atom is -1.00 e. The van der Waals surface area contributed by atoms with Crippen molar-refractivity contribution in [1.29, 1.82) is 0 Å². The summed E-state index contributed by atoms with van der Waals surface area (Å²) >= 11 is 0. The molecule has 0 aromatic carbocycles. The van der Waals surface area contributed by atoms with Crippen LogP contribution in [0.5, 0.6) is 0 Å². The van der Waals surface area contributed by atoms with Crippen molar-refractivity contribution in [2.75, 3.05) is 0 Å². The SMILES string of the molecule is O.[B].[H-].[H-].[Sr+2].[Zn]. The average molecular weight is 184 g/mol. The third-order valence-electron chi connectivity index (χ3n) is 0. The molecule has 1 nitrogen and oxygen atoms in total. The molecule has 0 spiro atoms. The number of hydrogen-bond acceptors (Lipinski definition) is 0. The summed E-state index contributed by atoms with van der Waals surface area (Å²) in [7, 11) is 0. The molecule has 0 heterocycles. The average Bonchev–Trinajstić information content (AvgIpc) is 0. The van der Waals surface area contributed by atoms with E-state index in [1.807, 2.05) is 0 Å². The van der Waals surface area contributed by atoms with Gasteiger partial charge in [-0.15, -0.1) is 0 Å². The maximum Gasteiger partial charge on any atom is 2.00 e. The van der Waals surface area contributed by atoms with Gasteiger partial charge in [-0.2, -0.15) is 0 Å². The molecule has 0 aromatic rings. The van der Waals surface area contributed by atoms with Crippen LogP contribution in [0.15, 0.2) is 0 Å². The van der Waals surface area contributed by atoms with E-state index in [0.29, 0.717) is 0 Å². The van der Waals surface area contributed by atoms with E-state index in [4.69, 9.17) is 0 Å². The number of hydrogen-bond donors (Lipinski definition) is 0. The Kier molecular flexibility index (Phi) is 172. The molecule has 0 aromatic heterocycles. The predicted octanol–water partition coefficient (Wildman–Crippen LogP) is -1.36. The van der Waals surface area contributed by atoms with Crippen LogP contribution in [0.4, 0.5) is 0 Å². The van der Waals surface area contributed by atoms with Crippen LogP contribution < -0.4 is 0 Å². The summed E-state index contributed by atoms with van der Waals surface area (Å²) < 4.78 is 0. The van der Waals surface area contributed by atoms with E-state index in [2.05, 4.69) is 0 Å². The zero-order valence-corrected chi connectivity index (χ0v) is 8.93. The van der Waals surface area contributed by atoms with Crippen molar-refractivity contribution >= 4 is 53.9 Å². The Morgan fingerprint density at radius 3 is 1.25 bits per heavy atom. The van der Waals surface area contributed by atoms with Crippen LogP contribution in [0, 0.1) is 0 Å². The summed E-state index contributed by atoms with van der Waals surface area (Å²) in [5.41, 5.74) is 0. The van der Waals surface area contributed by atoms with Gasteiger partial charge in [0.25, 0.3) is 0 Å². The van der Waals surface area contributed by atoms with Gasteiger partial charge in [0.15, 0.2) is 0 Å². The van der Waals surface area contributed by atoms with Gasteiger partial charge in [-0.05, 0) is 0 Å². The smallest absolute Gasteiger partial charge is 1.00 e. The normalized spacial score (nSPS) is 0. The Labute approximate surface area is 80.4 Å². The van der Waals surface area contributed by atoms with Gasteiger partial charge in [0.05, 0.1) is 0 Å². The van der Waals surface area contributed by atoms with Crippen LogP contribution >= 0.6 is 0 Å². The van der Waals surface area contributed by atoms with Crippen molar-refractivity contribution in [3.63, 3.8) is 0 Å². The molecule has 0 saturated carbocycles. The molecule has 3 radical (unpaired) electrons. The van der Waals surface area contributed by atoms with Crippen molar-refractivity contribution < 1.29 is 27.8 Å². The molecular formula is H4BOSrZn. The van der Waals surface area contributed by atoms with Crippen LogP contribution in [0.3, 0.4) is 0 Å². The van der Waals surface area contributed by atoms with Crippen molar-refractivity contribution in [2.45, 2.75) is 0 Å². The molecule has 0 aliphatic carbocycles. The second-order valence-corrected chi connectivity index (χ2v) is 0. The van der Waals surface area contributed by atoms with Crippen LogP contribution in [-0.2, 0) is 19.5 Å². The molecule has 2 N–H and O–H groups in total. The van der Waals surface area contributed by atoms with E-state index in [9.17, 15) is 0 Å². The first-order chi connectivity index (χ1) is 0. The topological polar surface area (TPSA) is 31.5 Å². The molecule has 0 aliphatic heterocycles. The van der Waals surface area contributed by atoms with E-state index < -0.39 is 0 Å². The Morgan fingerprint density at radius 2 is 1.25 bits per heavy atom. The van der Waals surface area contributed by atoms with E-state index in [-0.39, 0.29) is 81.7 Å². The quantitative estimate of drug-likeness (QED) is 0.416. The molecule has 0 aliphatic rings. The van der Waals surface area contributed by atoms with Crippen molar-refractivity contribution in [1.82, 2.24) is 0 Å². The van der Waals surface area contributed by atoms with E-state index in [1.165, 1.54) is 0 Å². The summed E-state index contributed by atoms with van der Waals surface area (Å²) in [6, 6.07) is 0. The third kappa shape index (κ3) is 8.92. The molecule has 0 unspecified atom stereocenters. The Bertz CT molecular complexity index is 13.5. The first-order valence-electron chi connectivity index (χ1n) is 0. The minimum absolute atomic E-state index is 0. The third-order valence-corrected chi connectivity index (χ3v) is 0. The molecule has 0 rings (SSSR count). The van der Waals surface area contributed by atoms with Crippen LogP contribution in [0.2, 0.25) is 0 Å². The van der Waals surface area contributed by atoms with Gasteiger partial charge in [-0.1, -0.05) is 0 Å². The molecule has 17 valence electrons. The monoisotopic (exact) mass is 183 g/mol. The van der Waals surface area contributed by atoms with Crippen molar-refractivity contribution in [3.8, 4) is 0 Å². The summed E-state index contributed by atoms with van der Waals surface area (Å²) in [5, 5.41) is 0. The first kappa shape index (κ1) is 35.6. The molecule has 0 amide bonds. The summed E-state index contributed by atoms with van der Waals surface area (Å²) in [5.74, 6) is 0. The molecule has 0 saturated heterocycles. The fourth-order valence-electron chi connectivity index (χ4n) is 0. The molecule has 0 fully saturated rings. The summed E-state index contributed by atoms with van der Waals surface area (Å²) in [4.78, 5) is 0. The van der Waals surface area contributed by atoms with Crippen LogP contribution in [0.1, 0.15) is 2.85 Å². The van der Waals surface area contributed by atoms with Crippen LogP contribution in [0.25, 0.3) is 0 Å². The standard InChI is InChI=1S/B.H2O.Sr.Zn.2H/h;1H2;;;;/q;;+2;;2*-1. The number of rotatable bonds is 0. The van der Waals surface area contributed by atoms with Crippen molar-refractivity contribution in [2.24, 2.45) is 0 Å². The van der Waals surface area contributed by atoms with Gasteiger partial charge in [-0.25, -0.2) is 0 Å². The van der Waals surface area contributed by atoms with Crippen molar-refractivity contribution in [3.05, 3.63) is 0 Å². The van der Waals surface area contributed by atoms with E-state index >= 15 is 0 Å². The maximum absolute atomic E-state index is 0. The molecule has 0 bridgehead atoms. The summed E-state index contributed by atoms with van der Waals surface area (Å²) in [6.07, 6.45) is 0. The molecule has 4 heavy (non-hydrogen) atoms. The van der Waals surface area contributed by atoms with E-state index in [0.717, 1.165) is 0 Å². The van der Waals surface area contributed by atoms with Gasteiger partial charge in [-0.3, -0.25) is 0 Å². The van der Waals surface area contributed by atoms with Gasteiger partial charge >= 0.3 is 45.5 Å². The summed E-state index contributed by atoms with van der Waals surface area (Å²) in [6.45, 7) is 0. The molecule has 4 heteroatoms. The molecule has 0 atom stereocenters. The fourth-order valence-corrected chi connectivity index (χ4v) is 0. The first-order valence-corrected chi connectivity index (χ1v) is 0. The zero-order valence-electron chi connectivity index (χ0n) is 4.49. The fraction of sp³-hybridized carbons (Fsp3) is 0. The largest absolute Gasteiger partial charge is 2.00 e. The minimum atomic E-state index is 0. The predicted molar refractivity (Wildman–Crippen MR) is 17.3 cm³/mol. The van der Waals surface area contributed by atoms with Gasteiger partial charge < -0.3 is 8.33 Å².